The summed E-state index contributed by atoms with van der Waals surface area (Å²) in [5.41, 5.74) is 6.66. The van der Waals surface area contributed by atoms with Gasteiger partial charge in [0.05, 0.1) is 21.3 Å². The Labute approximate surface area is 289 Å². The highest BCUT2D eigenvalue weighted by Crippen LogP contribution is 2.49. The van der Waals surface area contributed by atoms with E-state index in [9.17, 15) is 0 Å². The molecule has 4 aromatic heterocycles. The molecule has 0 bridgehead atoms. The fourth-order valence-corrected chi connectivity index (χ4v) is 10.0. The molecule has 0 aliphatic heterocycles. The van der Waals surface area contributed by atoms with Gasteiger partial charge < -0.3 is 0 Å². The molecule has 5 heteroatoms. The minimum Gasteiger partial charge on any atom is -0.292 e. The maximum absolute atomic E-state index is 5.56. The number of nitrogens with zero attached hydrogens (tertiary/aromatic N) is 3. The Morgan fingerprint density at radius 1 is 0.429 bits per heavy atom. The van der Waals surface area contributed by atoms with Gasteiger partial charge in [0, 0.05) is 52.0 Å². The van der Waals surface area contributed by atoms with Crippen molar-refractivity contribution in [1.82, 2.24) is 14.5 Å². The zero-order valence-electron chi connectivity index (χ0n) is 26.1. The minimum atomic E-state index is 0.724. The molecule has 0 spiro atoms. The zero-order chi connectivity index (χ0) is 32.1. The van der Waals surface area contributed by atoms with Crippen molar-refractivity contribution < 1.29 is 0 Å². The standard InChI is InChI=1S/C44H25N3S2/c1-2-13-26(14-3-1)27-15-12-16-28(25-27)43-45-39-33-21-8-11-24-36(33)49-42(39)44(46-43)47-34-22-9-6-19-31(34)37-29-17-4-5-18-30(29)41-38(40(37)47)32-20-7-10-23-35(32)48-41/h1-25H. The summed E-state index contributed by atoms with van der Waals surface area (Å²) >= 11 is 3.66. The third kappa shape index (κ3) is 3.88. The number of thiophene rings is 2. The molecular weight excluding hydrogens is 635 g/mol. The van der Waals surface area contributed by atoms with Crippen molar-refractivity contribution in [1.29, 1.82) is 0 Å². The maximum Gasteiger partial charge on any atom is 0.162 e. The first-order valence-corrected chi connectivity index (χ1v) is 18.1. The van der Waals surface area contributed by atoms with Crippen LogP contribution in [0.15, 0.2) is 152 Å². The van der Waals surface area contributed by atoms with Gasteiger partial charge in [-0.1, -0.05) is 127 Å². The summed E-state index contributed by atoms with van der Waals surface area (Å²) in [4.78, 5) is 10.9. The van der Waals surface area contributed by atoms with E-state index >= 15 is 0 Å². The largest absolute Gasteiger partial charge is 0.292 e. The molecule has 0 aliphatic carbocycles. The van der Waals surface area contributed by atoms with Gasteiger partial charge in [0.1, 0.15) is 0 Å². The Kier molecular flexibility index (Phi) is 5.70. The van der Waals surface area contributed by atoms with Crippen molar-refractivity contribution in [3.63, 3.8) is 0 Å². The van der Waals surface area contributed by atoms with Gasteiger partial charge in [0.15, 0.2) is 11.6 Å². The number of hydrogen-bond donors (Lipinski definition) is 0. The van der Waals surface area contributed by atoms with Crippen LogP contribution in [0.5, 0.6) is 0 Å². The minimum absolute atomic E-state index is 0.724. The molecule has 11 rings (SSSR count). The lowest BCUT2D eigenvalue weighted by molar-refractivity contribution is 1.08. The molecule has 0 unspecified atom stereocenters. The molecule has 0 aliphatic rings. The Bertz CT molecular complexity index is 3110. The Morgan fingerprint density at radius 2 is 1.04 bits per heavy atom. The van der Waals surface area contributed by atoms with Crippen molar-refractivity contribution in [3.05, 3.63) is 152 Å². The molecule has 0 saturated heterocycles. The molecule has 0 N–H and O–H groups in total. The van der Waals surface area contributed by atoms with Gasteiger partial charge in [-0.2, -0.15) is 0 Å². The number of hydrogen-bond acceptors (Lipinski definition) is 4. The monoisotopic (exact) mass is 659 g/mol. The van der Waals surface area contributed by atoms with E-state index in [1.807, 2.05) is 11.3 Å². The lowest BCUT2D eigenvalue weighted by Gasteiger charge is -2.13. The van der Waals surface area contributed by atoms with E-state index in [0.717, 1.165) is 43.9 Å². The molecule has 0 amide bonds. The van der Waals surface area contributed by atoms with Gasteiger partial charge >= 0.3 is 0 Å². The van der Waals surface area contributed by atoms with Crippen LogP contribution in [0, 0.1) is 0 Å². The van der Waals surface area contributed by atoms with Gasteiger partial charge in [-0.25, -0.2) is 9.97 Å². The summed E-state index contributed by atoms with van der Waals surface area (Å²) in [5, 5.41) is 8.77. The maximum atomic E-state index is 5.56. The highest BCUT2D eigenvalue weighted by molar-refractivity contribution is 7.27. The molecule has 228 valence electrons. The van der Waals surface area contributed by atoms with Crippen LogP contribution >= 0.6 is 22.7 Å². The Hall–Kier alpha value is -5.88. The summed E-state index contributed by atoms with van der Waals surface area (Å²) < 4.78 is 7.35. The second-order valence-electron chi connectivity index (χ2n) is 12.5. The normalized spacial score (nSPS) is 12.1. The molecule has 11 aromatic rings. The van der Waals surface area contributed by atoms with Crippen LogP contribution in [-0.4, -0.2) is 14.5 Å². The topological polar surface area (TPSA) is 30.7 Å². The van der Waals surface area contributed by atoms with Crippen molar-refractivity contribution >= 4 is 95.7 Å². The Balaban J connectivity index is 1.34. The van der Waals surface area contributed by atoms with Crippen LogP contribution in [0.2, 0.25) is 0 Å². The van der Waals surface area contributed by atoms with Crippen LogP contribution in [0.1, 0.15) is 0 Å². The molecule has 49 heavy (non-hydrogen) atoms. The predicted molar refractivity (Wildman–Crippen MR) is 211 cm³/mol. The molecule has 0 radical (unpaired) electrons. The van der Waals surface area contributed by atoms with Crippen molar-refractivity contribution in [2.45, 2.75) is 0 Å². The average Bonchev–Trinajstić information content (AvgIpc) is 3.85. The van der Waals surface area contributed by atoms with Crippen molar-refractivity contribution in [2.75, 3.05) is 0 Å². The lowest BCUT2D eigenvalue weighted by atomic mass is 10.00. The summed E-state index contributed by atoms with van der Waals surface area (Å²) in [6.07, 6.45) is 0. The zero-order valence-corrected chi connectivity index (χ0v) is 27.7. The van der Waals surface area contributed by atoms with E-state index in [1.54, 1.807) is 11.3 Å². The summed E-state index contributed by atoms with van der Waals surface area (Å²) in [7, 11) is 0. The molecule has 0 fully saturated rings. The van der Waals surface area contributed by atoms with Gasteiger partial charge in [-0.3, -0.25) is 4.57 Å². The van der Waals surface area contributed by atoms with Crippen LogP contribution in [0.3, 0.4) is 0 Å². The van der Waals surface area contributed by atoms with Crippen molar-refractivity contribution in [2.24, 2.45) is 0 Å². The second-order valence-corrected chi connectivity index (χ2v) is 14.6. The predicted octanol–water partition coefficient (Wildman–Crippen LogP) is 12.8. The van der Waals surface area contributed by atoms with Crippen LogP contribution in [0.4, 0.5) is 0 Å². The van der Waals surface area contributed by atoms with Crippen LogP contribution < -0.4 is 0 Å². The fraction of sp³-hybridized carbons (Fsp3) is 0. The first-order chi connectivity index (χ1) is 24.3. The summed E-state index contributed by atoms with van der Waals surface area (Å²) in [5.74, 6) is 1.64. The SMILES string of the molecule is c1ccc(-c2cccc(-c3nc(-n4c5ccccc5c5c6ccccc6c6sc7ccccc7c6c54)c4sc5ccccc5c4n3)c2)cc1. The van der Waals surface area contributed by atoms with Crippen LogP contribution in [-0.2, 0) is 0 Å². The lowest BCUT2D eigenvalue weighted by Crippen LogP contribution is -2.02. The van der Waals surface area contributed by atoms with Gasteiger partial charge in [0.2, 0.25) is 0 Å². The second kappa shape index (κ2) is 10.3. The number of aromatic nitrogens is 3. The van der Waals surface area contributed by atoms with E-state index in [-0.39, 0.29) is 0 Å². The number of rotatable bonds is 3. The van der Waals surface area contributed by atoms with Gasteiger partial charge in [-0.05, 0) is 40.8 Å². The number of benzene rings is 7. The third-order valence-electron chi connectivity index (χ3n) is 9.79. The van der Waals surface area contributed by atoms with E-state index in [4.69, 9.17) is 9.97 Å². The summed E-state index contributed by atoms with van der Waals surface area (Å²) in [6.45, 7) is 0. The molecule has 0 saturated carbocycles. The molecule has 7 aromatic carbocycles. The number of fused-ring (bicyclic) bond motifs is 13. The third-order valence-corrected chi connectivity index (χ3v) is 12.1. The van der Waals surface area contributed by atoms with Crippen LogP contribution in [0.25, 0.3) is 101 Å². The average molecular weight is 660 g/mol. The van der Waals surface area contributed by atoms with E-state index in [0.29, 0.717) is 0 Å². The van der Waals surface area contributed by atoms with E-state index < -0.39 is 0 Å². The highest BCUT2D eigenvalue weighted by atomic mass is 32.1. The first-order valence-electron chi connectivity index (χ1n) is 16.4. The van der Waals surface area contributed by atoms with Crippen molar-refractivity contribution in [3.8, 4) is 28.3 Å². The van der Waals surface area contributed by atoms with Gasteiger partial charge in [0.25, 0.3) is 0 Å². The quantitative estimate of drug-likeness (QED) is 0.189. The smallest absolute Gasteiger partial charge is 0.162 e. The Morgan fingerprint density at radius 3 is 1.88 bits per heavy atom. The van der Waals surface area contributed by atoms with Gasteiger partial charge in [-0.15, -0.1) is 22.7 Å². The highest BCUT2D eigenvalue weighted by Gasteiger charge is 2.25. The molecular formula is C44H25N3S2. The number of para-hydroxylation sites is 1. The van der Waals surface area contributed by atoms with E-state index in [2.05, 4.69) is 156 Å². The fourth-order valence-electron chi connectivity index (χ4n) is 7.66. The molecule has 4 heterocycles. The van der Waals surface area contributed by atoms with E-state index in [1.165, 1.54) is 57.5 Å². The summed E-state index contributed by atoms with van der Waals surface area (Å²) in [6, 6.07) is 54.3. The first kappa shape index (κ1) is 27.1. The molecule has 3 nitrogen and oxygen atoms in total. The molecule has 0 atom stereocenters.